The van der Waals surface area contributed by atoms with Gasteiger partial charge in [-0.3, -0.25) is 0 Å². The molecule has 2 aliphatic carbocycles. The summed E-state index contributed by atoms with van der Waals surface area (Å²) in [5, 5.41) is 3.89. The van der Waals surface area contributed by atoms with Crippen molar-refractivity contribution in [1.82, 2.24) is 5.32 Å². The summed E-state index contributed by atoms with van der Waals surface area (Å²) in [7, 11) is 0. The molecule has 3 unspecified atom stereocenters. The van der Waals surface area contributed by atoms with Crippen molar-refractivity contribution >= 4 is 0 Å². The summed E-state index contributed by atoms with van der Waals surface area (Å²) in [4.78, 5) is 0. The summed E-state index contributed by atoms with van der Waals surface area (Å²) >= 11 is 0. The highest BCUT2D eigenvalue weighted by Gasteiger charge is 2.33. The highest BCUT2D eigenvalue weighted by Crippen LogP contribution is 2.39. The van der Waals surface area contributed by atoms with Crippen molar-refractivity contribution in [3.63, 3.8) is 0 Å². The molecule has 1 N–H and O–H groups in total. The van der Waals surface area contributed by atoms with Crippen LogP contribution in [-0.4, -0.2) is 12.6 Å². The second-order valence-corrected chi connectivity index (χ2v) is 7.68. The van der Waals surface area contributed by atoms with E-state index in [4.69, 9.17) is 0 Å². The van der Waals surface area contributed by atoms with Crippen molar-refractivity contribution in [3.05, 3.63) is 0 Å². The minimum absolute atomic E-state index is 0.824. The Morgan fingerprint density at radius 3 is 2.30 bits per heavy atom. The third-order valence-electron chi connectivity index (χ3n) is 6.02. The van der Waals surface area contributed by atoms with Crippen LogP contribution in [0.2, 0.25) is 0 Å². The Balaban J connectivity index is 1.88. The molecule has 0 aromatic rings. The molecule has 2 fully saturated rings. The van der Waals surface area contributed by atoms with Crippen LogP contribution < -0.4 is 5.32 Å². The molecule has 1 nitrogen and oxygen atoms in total. The van der Waals surface area contributed by atoms with E-state index < -0.39 is 0 Å². The molecule has 3 atom stereocenters. The van der Waals surface area contributed by atoms with Gasteiger partial charge in [-0.1, -0.05) is 59.3 Å². The first-order valence-corrected chi connectivity index (χ1v) is 9.47. The summed E-state index contributed by atoms with van der Waals surface area (Å²) in [5.74, 6) is 3.94. The molecule has 0 saturated heterocycles. The van der Waals surface area contributed by atoms with E-state index in [-0.39, 0.29) is 0 Å². The maximum Gasteiger partial charge on any atom is 0.0124 e. The minimum atomic E-state index is 0.824. The third-order valence-corrected chi connectivity index (χ3v) is 6.02. The van der Waals surface area contributed by atoms with Gasteiger partial charge in [0.15, 0.2) is 0 Å². The Labute approximate surface area is 127 Å². The summed E-state index contributed by atoms with van der Waals surface area (Å²) < 4.78 is 0. The molecule has 2 saturated carbocycles. The molecule has 0 bridgehead atoms. The highest BCUT2D eigenvalue weighted by molar-refractivity contribution is 4.88. The van der Waals surface area contributed by atoms with E-state index in [0.29, 0.717) is 0 Å². The van der Waals surface area contributed by atoms with E-state index in [1.165, 1.54) is 64.2 Å². The van der Waals surface area contributed by atoms with Gasteiger partial charge in [-0.05, 0) is 55.9 Å². The number of hydrogen-bond donors (Lipinski definition) is 1. The largest absolute Gasteiger partial charge is 0.314 e. The van der Waals surface area contributed by atoms with Gasteiger partial charge in [-0.15, -0.1) is 0 Å². The van der Waals surface area contributed by atoms with Crippen LogP contribution in [0.5, 0.6) is 0 Å². The molecule has 0 aromatic carbocycles. The maximum atomic E-state index is 3.89. The van der Waals surface area contributed by atoms with Crippen molar-refractivity contribution in [3.8, 4) is 0 Å². The smallest absolute Gasteiger partial charge is 0.0124 e. The zero-order chi connectivity index (χ0) is 14.4. The normalized spacial score (nSPS) is 36.8. The Kier molecular flexibility index (Phi) is 6.87. The van der Waals surface area contributed by atoms with E-state index in [1.807, 2.05) is 0 Å². The molecular weight excluding hydrogens is 242 g/mol. The monoisotopic (exact) mass is 279 g/mol. The highest BCUT2D eigenvalue weighted by atomic mass is 14.9. The van der Waals surface area contributed by atoms with Gasteiger partial charge < -0.3 is 5.32 Å². The lowest BCUT2D eigenvalue weighted by Crippen LogP contribution is -2.45. The van der Waals surface area contributed by atoms with Crippen LogP contribution >= 0.6 is 0 Å². The van der Waals surface area contributed by atoms with Crippen molar-refractivity contribution in [2.24, 2.45) is 23.7 Å². The first kappa shape index (κ1) is 16.3. The van der Waals surface area contributed by atoms with Crippen LogP contribution in [0.15, 0.2) is 0 Å². The zero-order valence-electron chi connectivity index (χ0n) is 14.2. The molecule has 20 heavy (non-hydrogen) atoms. The fourth-order valence-electron chi connectivity index (χ4n) is 5.01. The molecule has 2 aliphatic rings. The first-order valence-electron chi connectivity index (χ1n) is 9.47. The number of rotatable bonds is 6. The molecule has 0 aliphatic heterocycles. The van der Waals surface area contributed by atoms with Crippen LogP contribution in [-0.2, 0) is 0 Å². The van der Waals surface area contributed by atoms with Crippen LogP contribution in [0.25, 0.3) is 0 Å². The fourth-order valence-corrected chi connectivity index (χ4v) is 5.01. The molecule has 0 aromatic heterocycles. The lowest BCUT2D eigenvalue weighted by atomic mass is 9.69. The van der Waals surface area contributed by atoms with Gasteiger partial charge in [0.2, 0.25) is 0 Å². The second-order valence-electron chi connectivity index (χ2n) is 7.68. The molecule has 0 radical (unpaired) electrons. The van der Waals surface area contributed by atoms with Crippen molar-refractivity contribution in [2.45, 2.75) is 91.0 Å². The summed E-state index contributed by atoms with van der Waals surface area (Å²) in [6, 6.07) is 0.824. The first-order chi connectivity index (χ1) is 9.74. The maximum absolute atomic E-state index is 3.89. The quantitative estimate of drug-likeness (QED) is 0.686. The summed E-state index contributed by atoms with van der Waals surface area (Å²) in [6.07, 6.45) is 14.7. The van der Waals surface area contributed by atoms with Gasteiger partial charge in [0.25, 0.3) is 0 Å². The van der Waals surface area contributed by atoms with E-state index in [9.17, 15) is 0 Å². The van der Waals surface area contributed by atoms with Gasteiger partial charge in [-0.2, -0.15) is 0 Å². The van der Waals surface area contributed by atoms with Crippen LogP contribution in [0, 0.1) is 23.7 Å². The van der Waals surface area contributed by atoms with E-state index in [0.717, 1.165) is 36.3 Å². The molecule has 0 amide bonds. The Morgan fingerprint density at radius 1 is 0.950 bits per heavy atom. The van der Waals surface area contributed by atoms with Gasteiger partial charge in [-0.25, -0.2) is 0 Å². The molecule has 0 spiro atoms. The van der Waals surface area contributed by atoms with Crippen LogP contribution in [0.3, 0.4) is 0 Å². The average molecular weight is 280 g/mol. The fraction of sp³-hybridized carbons (Fsp3) is 1.00. The number of nitrogens with one attached hydrogen (secondary N) is 1. The topological polar surface area (TPSA) is 12.0 Å². The van der Waals surface area contributed by atoms with E-state index in [2.05, 4.69) is 26.1 Å². The SMILES string of the molecule is CCCC1CCC(C(NCC)C2CCCC(C)C2)CC1. The van der Waals surface area contributed by atoms with E-state index >= 15 is 0 Å². The predicted molar refractivity (Wildman–Crippen MR) is 88.9 cm³/mol. The Bertz CT molecular complexity index is 254. The molecular formula is C19H37N. The molecule has 1 heteroatoms. The molecule has 0 heterocycles. The lowest BCUT2D eigenvalue weighted by molar-refractivity contribution is 0.135. The minimum Gasteiger partial charge on any atom is -0.314 e. The Hall–Kier alpha value is -0.0400. The van der Waals surface area contributed by atoms with Gasteiger partial charge in [0, 0.05) is 6.04 Å². The van der Waals surface area contributed by atoms with Crippen molar-refractivity contribution in [2.75, 3.05) is 6.54 Å². The van der Waals surface area contributed by atoms with Crippen LogP contribution in [0.4, 0.5) is 0 Å². The van der Waals surface area contributed by atoms with Gasteiger partial charge in [0.05, 0.1) is 0 Å². The summed E-state index contributed by atoms with van der Waals surface area (Å²) in [6.45, 7) is 8.26. The van der Waals surface area contributed by atoms with Gasteiger partial charge in [0.1, 0.15) is 0 Å². The molecule has 2 rings (SSSR count). The molecule has 118 valence electrons. The second kappa shape index (κ2) is 8.41. The van der Waals surface area contributed by atoms with Gasteiger partial charge >= 0.3 is 0 Å². The van der Waals surface area contributed by atoms with Crippen LogP contribution in [0.1, 0.15) is 85.0 Å². The Morgan fingerprint density at radius 2 is 1.70 bits per heavy atom. The van der Waals surface area contributed by atoms with Crippen molar-refractivity contribution < 1.29 is 0 Å². The predicted octanol–water partition coefficient (Wildman–Crippen LogP) is 5.40. The van der Waals surface area contributed by atoms with Crippen molar-refractivity contribution in [1.29, 1.82) is 0 Å². The lowest BCUT2D eigenvalue weighted by Gasteiger charge is -2.41. The number of hydrogen-bond acceptors (Lipinski definition) is 1. The third kappa shape index (κ3) is 4.48. The standard InChI is InChI=1S/C19H37N/c1-4-7-16-10-12-17(13-11-16)19(20-5-2)18-9-6-8-15(3)14-18/h15-20H,4-14H2,1-3H3. The zero-order valence-corrected chi connectivity index (χ0v) is 14.2. The average Bonchev–Trinajstić information content (AvgIpc) is 2.46. The summed E-state index contributed by atoms with van der Waals surface area (Å²) in [5.41, 5.74) is 0. The van der Waals surface area contributed by atoms with E-state index in [1.54, 1.807) is 0 Å².